The number of amides is 1. The van der Waals surface area contributed by atoms with Crippen LogP contribution in [0.2, 0.25) is 0 Å². The quantitative estimate of drug-likeness (QED) is 0.379. The van der Waals surface area contributed by atoms with Crippen molar-refractivity contribution in [3.05, 3.63) is 49.2 Å². The summed E-state index contributed by atoms with van der Waals surface area (Å²) in [5.74, 6) is 1.05. The fourth-order valence-corrected chi connectivity index (χ4v) is 5.00. The lowest BCUT2D eigenvalue weighted by Gasteiger charge is -2.35. The highest BCUT2D eigenvalue weighted by Gasteiger charge is 2.26. The molecule has 3 aromatic rings. The number of rotatable bonds is 6. The number of nitrogens with zero attached hydrogens (tertiary/aromatic N) is 5. The number of hydrogen-bond donors (Lipinski definition) is 3. The lowest BCUT2D eigenvalue weighted by molar-refractivity contribution is -0.487. The first kappa shape index (κ1) is 22.4. The number of nitrogen functional groups attached to an aromatic ring is 1. The topological polar surface area (TPSA) is 109 Å². The Kier molecular flexibility index (Phi) is 6.46. The van der Waals surface area contributed by atoms with E-state index in [1.165, 1.54) is 11.8 Å². The van der Waals surface area contributed by atoms with E-state index >= 15 is 0 Å². The fourth-order valence-electron chi connectivity index (χ4n) is 5.00. The van der Waals surface area contributed by atoms with Gasteiger partial charge in [0.25, 0.3) is 0 Å². The van der Waals surface area contributed by atoms with Crippen LogP contribution in [0.4, 0.5) is 23.1 Å². The molecule has 178 valence electrons. The standard InChI is InChI=1S/C25H32N8O/c1-2-22(34)33-13-4-3-5-20(33)17-32-14-10-21-23(26)29-25(30-24(21)32)28-18-6-8-19(9-7-18)31-15-11-27-12-16-31/h2,6-10,14,20,27H,1,3-5,11-13,15-17H2,(H3,26,28,29,30)/p+1. The van der Waals surface area contributed by atoms with Crippen molar-refractivity contribution < 1.29 is 10.1 Å². The number of fused-ring (bicyclic) bond motifs is 1. The van der Waals surface area contributed by atoms with Gasteiger partial charge in [0.05, 0.1) is 5.39 Å². The molecule has 1 atom stereocenters. The molecule has 34 heavy (non-hydrogen) atoms. The number of piperazine rings is 1. The van der Waals surface area contributed by atoms with Gasteiger partial charge in [-0.25, -0.2) is 5.32 Å². The Morgan fingerprint density at radius 1 is 1.15 bits per heavy atom. The van der Waals surface area contributed by atoms with Crippen molar-refractivity contribution in [3.8, 4) is 0 Å². The third-order valence-electron chi connectivity index (χ3n) is 6.83. The number of nitrogens with one attached hydrogen (secondary N) is 1. The van der Waals surface area contributed by atoms with Crippen LogP contribution in [0.25, 0.3) is 11.0 Å². The number of hydrogen-bond acceptors (Lipinski definition) is 6. The summed E-state index contributed by atoms with van der Waals surface area (Å²) >= 11 is 0. The molecule has 9 heteroatoms. The van der Waals surface area contributed by atoms with Crippen LogP contribution in [0, 0.1) is 0 Å². The van der Waals surface area contributed by atoms with Crippen LogP contribution in [-0.2, 0) is 11.3 Å². The number of likely N-dealkylation sites (tertiary alicyclic amines) is 1. The molecule has 1 amide bonds. The van der Waals surface area contributed by atoms with E-state index in [4.69, 9.17) is 10.7 Å². The van der Waals surface area contributed by atoms with Crippen molar-refractivity contribution in [2.75, 3.05) is 43.4 Å². The fraction of sp³-hybridized carbons (Fsp3) is 0.400. The normalized spacial score (nSPS) is 18.9. The number of nitrogens with two attached hydrogens (primary N) is 2. The second-order valence-corrected chi connectivity index (χ2v) is 9.03. The van der Waals surface area contributed by atoms with E-state index in [1.807, 2.05) is 22.5 Å². The molecule has 0 spiro atoms. The maximum Gasteiger partial charge on any atom is 0.334 e. The Morgan fingerprint density at radius 3 is 2.71 bits per heavy atom. The molecule has 2 aliphatic heterocycles. The SMILES string of the molecule is C=CC(=O)N1CCCCC1Cn1ccc2c(N)nc([NH2+]c3ccc(N4CCNCC4)cc3)nc21. The van der Waals surface area contributed by atoms with Gasteiger partial charge in [-0.3, -0.25) is 4.79 Å². The van der Waals surface area contributed by atoms with E-state index in [-0.39, 0.29) is 11.9 Å². The van der Waals surface area contributed by atoms with Gasteiger partial charge in [0.1, 0.15) is 11.5 Å². The zero-order chi connectivity index (χ0) is 23.5. The molecule has 0 saturated carbocycles. The Hall–Kier alpha value is -3.43. The van der Waals surface area contributed by atoms with Gasteiger partial charge in [0, 0.05) is 69.3 Å². The molecule has 1 unspecified atom stereocenters. The molecule has 1 aromatic carbocycles. The summed E-state index contributed by atoms with van der Waals surface area (Å²) in [5.41, 5.74) is 9.36. The van der Waals surface area contributed by atoms with Crippen LogP contribution < -0.4 is 21.3 Å². The van der Waals surface area contributed by atoms with Crippen LogP contribution in [0.5, 0.6) is 0 Å². The molecule has 4 heterocycles. The maximum absolute atomic E-state index is 12.3. The molecule has 0 bridgehead atoms. The molecule has 2 aromatic heterocycles. The van der Waals surface area contributed by atoms with Crippen molar-refractivity contribution in [2.24, 2.45) is 0 Å². The molecule has 2 fully saturated rings. The van der Waals surface area contributed by atoms with E-state index in [0.717, 1.165) is 68.7 Å². The number of aromatic nitrogens is 3. The van der Waals surface area contributed by atoms with Gasteiger partial charge in [-0.2, -0.15) is 9.97 Å². The number of quaternary nitrogens is 1. The summed E-state index contributed by atoms with van der Waals surface area (Å²) in [4.78, 5) is 26.0. The Labute approximate surface area is 199 Å². The van der Waals surface area contributed by atoms with E-state index in [9.17, 15) is 4.79 Å². The first-order valence-corrected chi connectivity index (χ1v) is 12.1. The highest BCUT2D eigenvalue weighted by molar-refractivity contribution is 5.88. The molecule has 2 saturated heterocycles. The van der Waals surface area contributed by atoms with E-state index in [0.29, 0.717) is 18.3 Å². The third-order valence-corrected chi connectivity index (χ3v) is 6.83. The predicted octanol–water partition coefficient (Wildman–Crippen LogP) is 1.52. The van der Waals surface area contributed by atoms with E-state index in [1.54, 1.807) is 0 Å². The first-order valence-electron chi connectivity index (χ1n) is 12.1. The number of benzene rings is 1. The van der Waals surface area contributed by atoms with Gasteiger partial charge < -0.3 is 25.4 Å². The monoisotopic (exact) mass is 461 g/mol. The van der Waals surface area contributed by atoms with Gasteiger partial charge in [-0.15, -0.1) is 0 Å². The van der Waals surface area contributed by atoms with Crippen molar-refractivity contribution in [3.63, 3.8) is 0 Å². The summed E-state index contributed by atoms with van der Waals surface area (Å²) in [6.45, 7) is 9.19. The molecule has 0 radical (unpaired) electrons. The highest BCUT2D eigenvalue weighted by Crippen LogP contribution is 2.24. The summed E-state index contributed by atoms with van der Waals surface area (Å²) in [7, 11) is 0. The molecular formula is C25H33N8O+. The molecule has 5 N–H and O–H groups in total. The Morgan fingerprint density at radius 2 is 1.94 bits per heavy atom. The van der Waals surface area contributed by atoms with Crippen molar-refractivity contribution >= 4 is 40.1 Å². The van der Waals surface area contributed by atoms with Crippen molar-refractivity contribution in [1.29, 1.82) is 0 Å². The molecular weight excluding hydrogens is 428 g/mol. The van der Waals surface area contributed by atoms with Crippen LogP contribution in [-0.4, -0.2) is 64.1 Å². The molecule has 9 nitrogen and oxygen atoms in total. The maximum atomic E-state index is 12.3. The van der Waals surface area contributed by atoms with Crippen LogP contribution >= 0.6 is 0 Å². The molecule has 2 aliphatic rings. The van der Waals surface area contributed by atoms with Gasteiger partial charge in [-0.05, 0) is 43.5 Å². The Balaban J connectivity index is 1.35. The van der Waals surface area contributed by atoms with Gasteiger partial charge in [0.15, 0.2) is 5.65 Å². The van der Waals surface area contributed by atoms with Crippen molar-refractivity contribution in [2.45, 2.75) is 31.8 Å². The minimum absolute atomic E-state index is 0.00594. The largest absolute Gasteiger partial charge is 0.383 e. The molecule has 0 aliphatic carbocycles. The number of carbonyl (C=O) groups is 1. The minimum Gasteiger partial charge on any atom is -0.383 e. The number of piperidine rings is 1. The second-order valence-electron chi connectivity index (χ2n) is 9.03. The van der Waals surface area contributed by atoms with E-state index in [2.05, 4.69) is 50.6 Å². The predicted molar refractivity (Wildman–Crippen MR) is 134 cm³/mol. The van der Waals surface area contributed by atoms with Gasteiger partial charge >= 0.3 is 5.95 Å². The zero-order valence-corrected chi connectivity index (χ0v) is 19.5. The first-order chi connectivity index (χ1) is 16.6. The zero-order valence-electron chi connectivity index (χ0n) is 19.5. The highest BCUT2D eigenvalue weighted by atomic mass is 16.2. The summed E-state index contributed by atoms with van der Waals surface area (Å²) in [5, 5.41) is 6.18. The number of anilines is 2. The van der Waals surface area contributed by atoms with Crippen molar-refractivity contribution in [1.82, 2.24) is 24.8 Å². The third kappa shape index (κ3) is 4.62. The lowest BCUT2D eigenvalue weighted by Crippen LogP contribution is -2.72. The van der Waals surface area contributed by atoms with Crippen LogP contribution in [0.15, 0.2) is 49.2 Å². The average Bonchev–Trinajstić information content (AvgIpc) is 3.28. The summed E-state index contributed by atoms with van der Waals surface area (Å²) in [6.07, 6.45) is 6.52. The summed E-state index contributed by atoms with van der Waals surface area (Å²) in [6, 6.07) is 10.6. The van der Waals surface area contributed by atoms with Crippen LogP contribution in [0.3, 0.4) is 0 Å². The van der Waals surface area contributed by atoms with Gasteiger partial charge in [0.2, 0.25) is 5.91 Å². The summed E-state index contributed by atoms with van der Waals surface area (Å²) < 4.78 is 2.09. The minimum atomic E-state index is -0.00594. The van der Waals surface area contributed by atoms with Gasteiger partial charge in [-0.1, -0.05) is 6.58 Å². The average molecular weight is 462 g/mol. The molecule has 5 rings (SSSR count). The smallest absolute Gasteiger partial charge is 0.334 e. The second kappa shape index (κ2) is 9.82. The van der Waals surface area contributed by atoms with E-state index < -0.39 is 0 Å². The Bertz CT molecular complexity index is 1170. The van der Waals surface area contributed by atoms with Crippen LogP contribution in [0.1, 0.15) is 19.3 Å². The lowest BCUT2D eigenvalue weighted by atomic mass is 10.0. The number of carbonyl (C=O) groups excluding carboxylic acids is 1.